The lowest BCUT2D eigenvalue weighted by Gasteiger charge is -2.05. The topological polar surface area (TPSA) is 120 Å². The van der Waals surface area contributed by atoms with Gasteiger partial charge in [-0.25, -0.2) is 0 Å². The van der Waals surface area contributed by atoms with Gasteiger partial charge in [-0.05, 0) is 70.3 Å². The van der Waals surface area contributed by atoms with Crippen LogP contribution in [-0.2, 0) is 19.1 Å². The van der Waals surface area contributed by atoms with E-state index in [1.165, 1.54) is 39.5 Å². The lowest BCUT2D eigenvalue weighted by molar-refractivity contribution is -0.662. The Hall–Kier alpha value is -3.19. The van der Waals surface area contributed by atoms with Crippen molar-refractivity contribution in [2.45, 2.75) is 77.6 Å². The number of rotatable bonds is 15. The molecule has 37 heavy (non-hydrogen) atoms. The van der Waals surface area contributed by atoms with Crippen molar-refractivity contribution in [1.29, 1.82) is 0 Å². The molecule has 0 aromatic carbocycles. The van der Waals surface area contributed by atoms with Crippen molar-refractivity contribution in [3.63, 3.8) is 0 Å². The monoisotopic (exact) mass is 519 g/mol. The van der Waals surface area contributed by atoms with Crippen LogP contribution < -0.4 is 10.4 Å². The molecule has 1 aliphatic rings. The highest BCUT2D eigenvalue weighted by Gasteiger charge is 1.97. The van der Waals surface area contributed by atoms with Crippen LogP contribution in [0.1, 0.15) is 77.6 Å². The van der Waals surface area contributed by atoms with E-state index in [-0.39, 0.29) is 6.42 Å². The maximum absolute atomic E-state index is 10.3. The van der Waals surface area contributed by atoms with E-state index in [0.29, 0.717) is 0 Å². The van der Waals surface area contributed by atoms with Crippen LogP contribution in [0.25, 0.3) is 0 Å². The average Bonchev–Trinajstić information content (AvgIpc) is 2.92. The van der Waals surface area contributed by atoms with Gasteiger partial charge in [0.15, 0.2) is 0 Å². The summed E-state index contributed by atoms with van der Waals surface area (Å²) >= 11 is 0. The van der Waals surface area contributed by atoms with Gasteiger partial charge in [0, 0.05) is 6.42 Å². The highest BCUT2D eigenvalue weighted by molar-refractivity contribution is 5.77. The average molecular weight is 520 g/mol. The number of hydrogen-bond acceptors (Lipinski definition) is 5. The number of methoxy groups -OCH3 is 1. The fourth-order valence-corrected chi connectivity index (χ4v) is 2.76. The van der Waals surface area contributed by atoms with Crippen molar-refractivity contribution in [3.05, 3.63) is 73.1 Å². The molecule has 0 radical (unpaired) electrons. The molecular formula is C30H49NO6. The van der Waals surface area contributed by atoms with Crippen molar-refractivity contribution < 1.29 is 34.7 Å². The predicted octanol–water partition coefficient (Wildman–Crippen LogP) is 4.44. The quantitative estimate of drug-likeness (QED) is 0.143. The minimum Gasteiger partial charge on any atom is -0.545 e. The number of quaternary nitrogens is 1. The summed E-state index contributed by atoms with van der Waals surface area (Å²) < 4.78 is 4.25. The van der Waals surface area contributed by atoms with E-state index in [1.807, 2.05) is 6.79 Å². The fraction of sp³-hybridized carbons (Fsp3) is 0.500. The molecule has 0 amide bonds. The number of hydrogen-bond donors (Lipinski definition) is 2. The van der Waals surface area contributed by atoms with Crippen LogP contribution in [0.4, 0.5) is 0 Å². The summed E-state index contributed by atoms with van der Waals surface area (Å²) in [6.07, 6.45) is 34.6. The number of carbonyl (C=O) groups is 3. The Morgan fingerprint density at radius 1 is 0.838 bits per heavy atom. The lowest BCUT2D eigenvalue weighted by atomic mass is 10.2. The van der Waals surface area contributed by atoms with Crippen LogP contribution in [0.5, 0.6) is 0 Å². The maximum Gasteiger partial charge on any atom is 0.303 e. The highest BCUT2D eigenvalue weighted by Crippen LogP contribution is 1.99. The number of unbranched alkanes of at least 4 members (excludes halogenated alkanes) is 1. The molecule has 0 atom stereocenters. The molecule has 0 bridgehead atoms. The van der Waals surface area contributed by atoms with E-state index in [9.17, 15) is 14.7 Å². The lowest BCUT2D eigenvalue weighted by Crippen LogP contribution is -2.85. The van der Waals surface area contributed by atoms with Gasteiger partial charge in [0.25, 0.3) is 0 Å². The van der Waals surface area contributed by atoms with Crippen LogP contribution in [0.15, 0.2) is 73.1 Å². The van der Waals surface area contributed by atoms with Crippen molar-refractivity contribution in [3.8, 4) is 0 Å². The molecular weight excluding hydrogens is 470 g/mol. The molecule has 1 aliphatic heterocycles. The molecule has 1 saturated heterocycles. The van der Waals surface area contributed by atoms with Gasteiger partial charge in [0.05, 0.1) is 32.4 Å². The van der Waals surface area contributed by atoms with Gasteiger partial charge in [0.2, 0.25) is 0 Å². The van der Waals surface area contributed by atoms with Crippen LogP contribution in [0.2, 0.25) is 0 Å². The van der Waals surface area contributed by atoms with Gasteiger partial charge in [-0.15, -0.1) is 0 Å². The third kappa shape index (κ3) is 46.8. The third-order valence-electron chi connectivity index (χ3n) is 4.58. The van der Waals surface area contributed by atoms with Crippen molar-refractivity contribution in [2.75, 3.05) is 20.2 Å². The Morgan fingerprint density at radius 3 is 1.59 bits per heavy atom. The highest BCUT2D eigenvalue weighted by atomic mass is 16.5. The Balaban J connectivity index is -0.000000620. The van der Waals surface area contributed by atoms with Gasteiger partial charge >= 0.3 is 5.97 Å². The van der Waals surface area contributed by atoms with Gasteiger partial charge in [-0.2, -0.15) is 0 Å². The molecule has 0 aromatic heterocycles. The van der Waals surface area contributed by atoms with Crippen molar-refractivity contribution in [2.24, 2.45) is 0 Å². The molecule has 7 nitrogen and oxygen atoms in total. The number of carbonyl (C=O) groups excluding carboxylic acids is 2. The first-order valence-corrected chi connectivity index (χ1v) is 13.0. The smallest absolute Gasteiger partial charge is 0.303 e. The minimum absolute atomic E-state index is 0.258. The normalized spacial score (nSPS) is 13.4. The molecule has 0 unspecified atom stereocenters. The summed E-state index contributed by atoms with van der Waals surface area (Å²) in [7, 11) is 1.36. The van der Waals surface area contributed by atoms with Gasteiger partial charge in [-0.3, -0.25) is 4.79 Å². The van der Waals surface area contributed by atoms with E-state index in [0.717, 1.165) is 57.3 Å². The van der Waals surface area contributed by atoms with Crippen molar-refractivity contribution in [1.82, 2.24) is 0 Å². The number of ether oxygens (including phenoxy) is 1. The first-order valence-electron chi connectivity index (χ1n) is 13.0. The number of carboxylic acids is 2. The number of allylic oxidation sites excluding steroid dienone is 10. The zero-order valence-electron chi connectivity index (χ0n) is 22.9. The standard InChI is InChI=1S/C20H30O2.C5H11N.C4H6O3.CH2O/c1-2-3-4-5-6-7-8-9-10-11-12-13-14-15-16-17-18-19-20(21)22;1-2-4-6-5-3-1;1-7-3-2-4(5)6;1-2/h3-4,6-7,9-10,12-13,15-16H,2,5,8,11,14,17-19H2,1H3,(H,21,22);6H,1-5H2;2-3H,1H3,(H,5,6);1H2/b4-3-,7-6-,10-9-,13-12-,16-15-;;3-2+;. The Morgan fingerprint density at radius 2 is 1.30 bits per heavy atom. The van der Waals surface area contributed by atoms with Crippen LogP contribution in [0.3, 0.4) is 0 Å². The SMILES string of the molecule is C1CC[NH2+]CC1.C=O.CC/C=C\C/C=C\C/C=C\C/C=C\C/C=C\CCCC(=O)O.CO/C=C/C(=O)[O-]. The largest absolute Gasteiger partial charge is 0.545 e. The first kappa shape index (κ1) is 38.3. The first-order chi connectivity index (χ1) is 18.0. The molecule has 7 heteroatoms. The van der Waals surface area contributed by atoms with E-state index >= 15 is 0 Å². The second-order valence-corrected chi connectivity index (χ2v) is 7.78. The Bertz CT molecular complexity index is 662. The molecule has 1 rings (SSSR count). The molecule has 3 N–H and O–H groups in total. The zero-order chi connectivity index (χ0) is 28.2. The van der Waals surface area contributed by atoms with E-state index in [4.69, 9.17) is 9.90 Å². The van der Waals surface area contributed by atoms with Crippen molar-refractivity contribution >= 4 is 18.7 Å². The summed E-state index contributed by atoms with van der Waals surface area (Å²) in [6.45, 7) is 6.89. The molecule has 1 heterocycles. The minimum atomic E-state index is -1.25. The Labute approximate surface area is 224 Å². The second kappa shape index (κ2) is 37.4. The van der Waals surface area contributed by atoms with E-state index < -0.39 is 11.9 Å². The van der Waals surface area contributed by atoms with E-state index in [2.05, 4.69) is 77.7 Å². The third-order valence-corrected chi connectivity index (χ3v) is 4.58. The Kier molecular flexibility index (Phi) is 38.7. The summed E-state index contributed by atoms with van der Waals surface area (Å²) in [5.74, 6) is -1.96. The molecule has 0 saturated carbocycles. The summed E-state index contributed by atoms with van der Waals surface area (Å²) in [5.41, 5.74) is 0. The summed E-state index contributed by atoms with van der Waals surface area (Å²) in [6, 6.07) is 0. The molecule has 0 aromatic rings. The van der Waals surface area contributed by atoms with Gasteiger partial charge in [0.1, 0.15) is 6.79 Å². The van der Waals surface area contributed by atoms with Gasteiger partial charge in [-0.1, -0.05) is 67.7 Å². The molecule has 0 aliphatic carbocycles. The summed E-state index contributed by atoms with van der Waals surface area (Å²) in [5, 5.41) is 20.4. The predicted molar refractivity (Wildman–Crippen MR) is 150 cm³/mol. The van der Waals surface area contributed by atoms with Crippen LogP contribution in [-0.4, -0.2) is 44.0 Å². The number of nitrogens with two attached hydrogens (primary N) is 1. The summed E-state index contributed by atoms with van der Waals surface area (Å²) in [4.78, 5) is 27.8. The number of aliphatic carboxylic acids is 2. The van der Waals surface area contributed by atoms with Crippen LogP contribution >= 0.6 is 0 Å². The molecule has 210 valence electrons. The maximum atomic E-state index is 10.3. The number of carboxylic acid groups (broad SMARTS) is 2. The van der Waals surface area contributed by atoms with Crippen LogP contribution in [0, 0.1) is 0 Å². The number of piperidine rings is 1. The van der Waals surface area contributed by atoms with Gasteiger partial charge < -0.3 is 29.9 Å². The molecule has 1 fully saturated rings. The van der Waals surface area contributed by atoms with E-state index in [1.54, 1.807) is 0 Å². The second-order valence-electron chi connectivity index (χ2n) is 7.78. The zero-order valence-corrected chi connectivity index (χ0v) is 22.9. The fourth-order valence-electron chi connectivity index (χ4n) is 2.76. The molecule has 0 spiro atoms.